The van der Waals surface area contributed by atoms with Crippen LogP contribution in [0.5, 0.6) is 0 Å². The minimum Gasteiger partial charge on any atom is -0.345 e. The van der Waals surface area contributed by atoms with E-state index in [0.717, 1.165) is 22.0 Å². The molecule has 140 valence electrons. The molecule has 1 aromatic heterocycles. The number of aryl methyl sites for hydroxylation is 1. The maximum atomic E-state index is 12.7. The topological polar surface area (TPSA) is 42.0 Å². The summed E-state index contributed by atoms with van der Waals surface area (Å²) in [6.45, 7) is 10.4. The van der Waals surface area contributed by atoms with E-state index < -0.39 is 0 Å². The van der Waals surface area contributed by atoms with Crippen LogP contribution in [-0.2, 0) is 5.41 Å². The standard InChI is InChI=1S/C23H25ClN2O/c1-14(19-12-21(24)15(2)25-13-19)26-22(27)18-7-6-17-11-20(23(3,4)5)9-8-16(17)10-18/h6-14H,1-5H3,(H,26,27). The van der Waals surface area contributed by atoms with Gasteiger partial charge in [-0.15, -0.1) is 0 Å². The van der Waals surface area contributed by atoms with Crippen molar-refractivity contribution in [1.82, 2.24) is 10.3 Å². The highest BCUT2D eigenvalue weighted by Gasteiger charge is 2.16. The minimum atomic E-state index is -0.179. The Balaban J connectivity index is 1.81. The van der Waals surface area contributed by atoms with Crippen LogP contribution in [0.25, 0.3) is 10.8 Å². The third-order valence-electron chi connectivity index (χ3n) is 4.86. The van der Waals surface area contributed by atoms with Gasteiger partial charge in [0.25, 0.3) is 5.91 Å². The lowest BCUT2D eigenvalue weighted by atomic mass is 9.86. The molecule has 4 heteroatoms. The van der Waals surface area contributed by atoms with Gasteiger partial charge in [-0.25, -0.2) is 0 Å². The monoisotopic (exact) mass is 380 g/mol. The van der Waals surface area contributed by atoms with Crippen LogP contribution in [0.15, 0.2) is 48.7 Å². The van der Waals surface area contributed by atoms with E-state index in [1.807, 2.05) is 38.1 Å². The van der Waals surface area contributed by atoms with Crippen LogP contribution in [0, 0.1) is 6.92 Å². The fraction of sp³-hybridized carbons (Fsp3) is 0.304. The first-order valence-corrected chi connectivity index (χ1v) is 9.50. The SMILES string of the molecule is Cc1ncc(C(C)NC(=O)c2ccc3cc(C(C)(C)C)ccc3c2)cc1Cl. The zero-order valence-corrected chi connectivity index (χ0v) is 17.2. The molecule has 0 saturated heterocycles. The fourth-order valence-corrected chi connectivity index (χ4v) is 3.15. The van der Waals surface area contributed by atoms with E-state index in [1.165, 1.54) is 5.56 Å². The molecule has 3 nitrogen and oxygen atoms in total. The summed E-state index contributed by atoms with van der Waals surface area (Å²) in [5.74, 6) is -0.110. The Hall–Kier alpha value is -2.39. The lowest BCUT2D eigenvalue weighted by molar-refractivity contribution is 0.0940. The van der Waals surface area contributed by atoms with E-state index in [0.29, 0.717) is 10.6 Å². The second kappa shape index (κ2) is 7.32. The maximum absolute atomic E-state index is 12.7. The van der Waals surface area contributed by atoms with Crippen molar-refractivity contribution in [3.8, 4) is 0 Å². The van der Waals surface area contributed by atoms with Crippen molar-refractivity contribution < 1.29 is 4.79 Å². The average molecular weight is 381 g/mol. The van der Waals surface area contributed by atoms with E-state index in [-0.39, 0.29) is 17.4 Å². The lowest BCUT2D eigenvalue weighted by Crippen LogP contribution is -2.26. The second-order valence-corrected chi connectivity index (χ2v) is 8.46. The highest BCUT2D eigenvalue weighted by Crippen LogP contribution is 2.27. The molecular weight excluding hydrogens is 356 g/mol. The number of nitrogens with one attached hydrogen (secondary N) is 1. The summed E-state index contributed by atoms with van der Waals surface area (Å²) >= 11 is 6.15. The first kappa shape index (κ1) is 19.4. The number of pyridine rings is 1. The predicted molar refractivity (Wildman–Crippen MR) is 113 cm³/mol. The number of hydrogen-bond acceptors (Lipinski definition) is 2. The molecule has 2 aromatic carbocycles. The van der Waals surface area contributed by atoms with Crippen LogP contribution in [0.4, 0.5) is 0 Å². The average Bonchev–Trinajstić information content (AvgIpc) is 2.62. The molecule has 0 aliphatic carbocycles. The summed E-state index contributed by atoms with van der Waals surface area (Å²) in [7, 11) is 0. The number of aromatic nitrogens is 1. The van der Waals surface area contributed by atoms with Crippen molar-refractivity contribution in [1.29, 1.82) is 0 Å². The fourth-order valence-electron chi connectivity index (χ4n) is 2.97. The first-order chi connectivity index (χ1) is 12.6. The molecule has 0 aliphatic rings. The molecule has 0 saturated carbocycles. The highest BCUT2D eigenvalue weighted by molar-refractivity contribution is 6.31. The number of fused-ring (bicyclic) bond motifs is 1. The van der Waals surface area contributed by atoms with Gasteiger partial charge in [0.1, 0.15) is 0 Å². The quantitative estimate of drug-likeness (QED) is 0.606. The molecule has 1 atom stereocenters. The third-order valence-corrected chi connectivity index (χ3v) is 5.24. The highest BCUT2D eigenvalue weighted by atomic mass is 35.5. The van der Waals surface area contributed by atoms with Gasteiger partial charge in [-0.1, -0.05) is 56.6 Å². The van der Waals surface area contributed by atoms with E-state index in [2.05, 4.69) is 49.3 Å². The van der Waals surface area contributed by atoms with Crippen molar-refractivity contribution in [3.63, 3.8) is 0 Å². The van der Waals surface area contributed by atoms with Crippen LogP contribution in [0.2, 0.25) is 5.02 Å². The van der Waals surface area contributed by atoms with E-state index >= 15 is 0 Å². The Morgan fingerprint density at radius 2 is 1.74 bits per heavy atom. The summed E-state index contributed by atoms with van der Waals surface area (Å²) in [4.78, 5) is 17.0. The van der Waals surface area contributed by atoms with Crippen molar-refractivity contribution >= 4 is 28.3 Å². The minimum absolute atomic E-state index is 0.100. The van der Waals surface area contributed by atoms with Gasteiger partial charge in [-0.3, -0.25) is 9.78 Å². The normalized spacial score (nSPS) is 12.8. The first-order valence-electron chi connectivity index (χ1n) is 9.12. The van der Waals surface area contributed by atoms with Crippen LogP contribution >= 0.6 is 11.6 Å². The summed E-state index contributed by atoms with van der Waals surface area (Å²) in [5, 5.41) is 5.83. The lowest BCUT2D eigenvalue weighted by Gasteiger charge is -2.19. The Bertz CT molecular complexity index is 1000. The number of hydrogen-bond donors (Lipinski definition) is 1. The molecule has 0 fully saturated rings. The van der Waals surface area contributed by atoms with Gasteiger partial charge < -0.3 is 5.32 Å². The number of amides is 1. The van der Waals surface area contributed by atoms with Crippen LogP contribution in [0.3, 0.4) is 0 Å². The van der Waals surface area contributed by atoms with Crippen LogP contribution < -0.4 is 5.32 Å². The second-order valence-electron chi connectivity index (χ2n) is 8.06. The van der Waals surface area contributed by atoms with Crippen molar-refractivity contribution in [2.24, 2.45) is 0 Å². The molecule has 0 aliphatic heterocycles. The third kappa shape index (κ3) is 4.30. The van der Waals surface area contributed by atoms with Crippen molar-refractivity contribution in [3.05, 3.63) is 76.1 Å². The number of halogens is 1. The Labute approximate surface area is 165 Å². The molecule has 3 aromatic rings. The van der Waals surface area contributed by atoms with Gasteiger partial charge in [0.2, 0.25) is 0 Å². The molecule has 27 heavy (non-hydrogen) atoms. The van der Waals surface area contributed by atoms with Gasteiger partial charge >= 0.3 is 0 Å². The maximum Gasteiger partial charge on any atom is 0.251 e. The van der Waals surface area contributed by atoms with Crippen molar-refractivity contribution in [2.75, 3.05) is 0 Å². The molecule has 3 rings (SSSR count). The number of rotatable bonds is 3. The molecular formula is C23H25ClN2O. The van der Waals surface area contributed by atoms with Crippen LogP contribution in [-0.4, -0.2) is 10.9 Å². The predicted octanol–water partition coefficient (Wildman–Crippen LogP) is 5.99. The van der Waals surface area contributed by atoms with Gasteiger partial charge in [-0.2, -0.15) is 0 Å². The van der Waals surface area contributed by atoms with Crippen molar-refractivity contribution in [2.45, 2.75) is 46.1 Å². The van der Waals surface area contributed by atoms with Gasteiger partial charge in [-0.05, 0) is 59.4 Å². The largest absolute Gasteiger partial charge is 0.345 e. The molecule has 0 spiro atoms. The zero-order chi connectivity index (χ0) is 19.8. The summed E-state index contributed by atoms with van der Waals surface area (Å²) in [6.07, 6.45) is 1.75. The molecule has 1 amide bonds. The number of nitrogens with zero attached hydrogens (tertiary/aromatic N) is 1. The summed E-state index contributed by atoms with van der Waals surface area (Å²) < 4.78 is 0. The zero-order valence-electron chi connectivity index (χ0n) is 16.4. The summed E-state index contributed by atoms with van der Waals surface area (Å²) in [6, 6.07) is 13.9. The number of benzene rings is 2. The van der Waals surface area contributed by atoms with Crippen LogP contribution in [0.1, 0.15) is 60.9 Å². The number of carbonyl (C=O) groups excluding carboxylic acids is 1. The van der Waals surface area contributed by atoms with E-state index in [9.17, 15) is 4.79 Å². The van der Waals surface area contributed by atoms with Gasteiger partial charge in [0.15, 0.2) is 0 Å². The Morgan fingerprint density at radius 1 is 1.07 bits per heavy atom. The van der Waals surface area contributed by atoms with Gasteiger partial charge in [0, 0.05) is 11.8 Å². The molecule has 1 N–H and O–H groups in total. The number of carbonyl (C=O) groups is 1. The Kier molecular flexibility index (Phi) is 5.25. The van der Waals surface area contributed by atoms with E-state index in [4.69, 9.17) is 11.6 Å². The van der Waals surface area contributed by atoms with E-state index in [1.54, 1.807) is 6.20 Å². The molecule has 0 radical (unpaired) electrons. The Morgan fingerprint density at radius 3 is 2.41 bits per heavy atom. The molecule has 1 heterocycles. The van der Waals surface area contributed by atoms with Gasteiger partial charge in [0.05, 0.1) is 16.8 Å². The molecule has 0 bridgehead atoms. The summed E-state index contributed by atoms with van der Waals surface area (Å²) in [5.41, 5.74) is 3.69. The smallest absolute Gasteiger partial charge is 0.251 e. The molecule has 1 unspecified atom stereocenters.